The van der Waals surface area contributed by atoms with E-state index in [0.29, 0.717) is 62.6 Å². The van der Waals surface area contributed by atoms with Gasteiger partial charge >= 0.3 is 0 Å². The topological polar surface area (TPSA) is 105 Å². The van der Waals surface area contributed by atoms with Crippen LogP contribution in [-0.4, -0.2) is 54.7 Å². The van der Waals surface area contributed by atoms with Crippen molar-refractivity contribution in [1.29, 1.82) is 0 Å². The van der Waals surface area contributed by atoms with Gasteiger partial charge in [0, 0.05) is 38.0 Å². The van der Waals surface area contributed by atoms with E-state index in [-0.39, 0.29) is 11.7 Å². The molecule has 10 heteroatoms. The molecule has 1 N–H and O–H groups in total. The SMILES string of the molecule is CCN(CCCNC(=O)CCCc1nc(-c2ccc(F)cc2)no1)S(C)(=O)=O. The predicted molar refractivity (Wildman–Crippen MR) is 102 cm³/mol. The lowest BCUT2D eigenvalue weighted by atomic mass is 10.2. The molecule has 0 saturated carbocycles. The molecule has 0 spiro atoms. The number of rotatable bonds is 11. The fourth-order valence-corrected chi connectivity index (χ4v) is 3.53. The molecule has 0 fully saturated rings. The van der Waals surface area contributed by atoms with Crippen LogP contribution in [-0.2, 0) is 21.2 Å². The first-order valence-corrected chi connectivity index (χ1v) is 10.9. The maximum atomic E-state index is 12.9. The molecule has 0 saturated heterocycles. The molecule has 0 atom stereocenters. The second kappa shape index (κ2) is 10.3. The number of hydrogen-bond acceptors (Lipinski definition) is 6. The molecular weight excluding hydrogens is 387 g/mol. The summed E-state index contributed by atoms with van der Waals surface area (Å²) < 4.78 is 42.4. The smallest absolute Gasteiger partial charge is 0.226 e. The van der Waals surface area contributed by atoms with Crippen molar-refractivity contribution in [2.75, 3.05) is 25.9 Å². The third-order valence-corrected chi connectivity index (χ3v) is 5.47. The van der Waals surface area contributed by atoms with E-state index in [9.17, 15) is 17.6 Å². The van der Waals surface area contributed by atoms with E-state index in [2.05, 4.69) is 15.5 Å². The molecule has 1 aromatic heterocycles. The molecule has 154 valence electrons. The van der Waals surface area contributed by atoms with Gasteiger partial charge in [-0.3, -0.25) is 4.79 Å². The van der Waals surface area contributed by atoms with Crippen molar-refractivity contribution in [2.24, 2.45) is 0 Å². The quantitative estimate of drug-likeness (QED) is 0.566. The predicted octanol–water partition coefficient (Wildman–Crippen LogP) is 1.99. The Morgan fingerprint density at radius 1 is 1.25 bits per heavy atom. The van der Waals surface area contributed by atoms with E-state index in [1.54, 1.807) is 19.1 Å². The second-order valence-electron chi connectivity index (χ2n) is 6.33. The van der Waals surface area contributed by atoms with Crippen LogP contribution in [0, 0.1) is 5.82 Å². The minimum absolute atomic E-state index is 0.110. The van der Waals surface area contributed by atoms with Crippen molar-refractivity contribution < 1.29 is 22.1 Å². The lowest BCUT2D eigenvalue weighted by Crippen LogP contribution is -2.33. The lowest BCUT2D eigenvalue weighted by molar-refractivity contribution is -0.121. The number of halogens is 1. The van der Waals surface area contributed by atoms with Crippen LogP contribution in [0.5, 0.6) is 0 Å². The summed E-state index contributed by atoms with van der Waals surface area (Å²) in [5.74, 6) is 0.350. The average molecular weight is 412 g/mol. The standard InChI is InChI=1S/C18H25FN4O4S/c1-3-23(28(2,25)26)13-5-12-20-16(24)6-4-7-17-21-18(22-27-17)14-8-10-15(19)11-9-14/h8-11H,3-7,12-13H2,1-2H3,(H,20,24). The Hall–Kier alpha value is -2.33. The number of nitrogens with one attached hydrogen (secondary N) is 1. The van der Waals surface area contributed by atoms with Crippen molar-refractivity contribution in [3.8, 4) is 11.4 Å². The van der Waals surface area contributed by atoms with Crippen molar-refractivity contribution in [3.63, 3.8) is 0 Å². The van der Waals surface area contributed by atoms with Gasteiger partial charge < -0.3 is 9.84 Å². The fraction of sp³-hybridized carbons (Fsp3) is 0.500. The maximum absolute atomic E-state index is 12.9. The Morgan fingerprint density at radius 3 is 2.61 bits per heavy atom. The molecule has 1 amide bonds. The van der Waals surface area contributed by atoms with Gasteiger partial charge in [-0.05, 0) is 37.1 Å². The largest absolute Gasteiger partial charge is 0.356 e. The summed E-state index contributed by atoms with van der Waals surface area (Å²) in [6.07, 6.45) is 3.03. The number of carbonyl (C=O) groups is 1. The van der Waals surface area contributed by atoms with Gasteiger partial charge in [0.2, 0.25) is 27.6 Å². The number of amides is 1. The third-order valence-electron chi connectivity index (χ3n) is 4.09. The highest BCUT2D eigenvalue weighted by Gasteiger charge is 2.13. The average Bonchev–Trinajstić information content (AvgIpc) is 3.10. The molecule has 2 rings (SSSR count). The zero-order valence-electron chi connectivity index (χ0n) is 16.0. The summed E-state index contributed by atoms with van der Waals surface area (Å²) in [5, 5.41) is 6.63. The van der Waals surface area contributed by atoms with Gasteiger partial charge in [0.1, 0.15) is 5.82 Å². The van der Waals surface area contributed by atoms with E-state index in [1.165, 1.54) is 22.7 Å². The van der Waals surface area contributed by atoms with Crippen LogP contribution in [0.4, 0.5) is 4.39 Å². The maximum Gasteiger partial charge on any atom is 0.226 e. The molecule has 0 aliphatic rings. The molecule has 0 unspecified atom stereocenters. The van der Waals surface area contributed by atoms with Gasteiger partial charge in [-0.15, -0.1) is 0 Å². The number of aromatic nitrogens is 2. The number of sulfonamides is 1. The Morgan fingerprint density at radius 2 is 1.96 bits per heavy atom. The molecule has 0 aliphatic heterocycles. The van der Waals surface area contributed by atoms with Crippen molar-refractivity contribution in [2.45, 2.75) is 32.6 Å². The molecule has 0 bridgehead atoms. The van der Waals surface area contributed by atoms with Gasteiger partial charge in [0.25, 0.3) is 0 Å². The number of aryl methyl sites for hydroxylation is 1. The van der Waals surface area contributed by atoms with E-state index in [0.717, 1.165) is 0 Å². The monoisotopic (exact) mass is 412 g/mol. The van der Waals surface area contributed by atoms with Crippen LogP contribution < -0.4 is 5.32 Å². The van der Waals surface area contributed by atoms with Crippen molar-refractivity contribution in [3.05, 3.63) is 36.0 Å². The molecular formula is C18H25FN4O4S. The Bertz CT molecular complexity index is 868. The van der Waals surface area contributed by atoms with Crippen LogP contribution in [0.15, 0.2) is 28.8 Å². The van der Waals surface area contributed by atoms with Crippen LogP contribution in [0.25, 0.3) is 11.4 Å². The Balaban J connectivity index is 1.66. The van der Waals surface area contributed by atoms with Gasteiger partial charge in [0.05, 0.1) is 6.26 Å². The second-order valence-corrected chi connectivity index (χ2v) is 8.31. The summed E-state index contributed by atoms with van der Waals surface area (Å²) in [4.78, 5) is 16.1. The number of nitrogens with zero attached hydrogens (tertiary/aromatic N) is 3. The van der Waals surface area contributed by atoms with Crippen LogP contribution >= 0.6 is 0 Å². The summed E-state index contributed by atoms with van der Waals surface area (Å²) in [6.45, 7) is 2.99. The van der Waals surface area contributed by atoms with Gasteiger partial charge in [-0.1, -0.05) is 12.1 Å². The van der Waals surface area contributed by atoms with Crippen LogP contribution in [0.3, 0.4) is 0 Å². The highest BCUT2D eigenvalue weighted by Crippen LogP contribution is 2.16. The molecule has 0 radical (unpaired) electrons. The molecule has 1 aromatic carbocycles. The Kier molecular flexibility index (Phi) is 8.06. The molecule has 8 nitrogen and oxygen atoms in total. The minimum Gasteiger partial charge on any atom is -0.356 e. The zero-order chi connectivity index (χ0) is 20.6. The minimum atomic E-state index is -3.20. The molecule has 2 aromatic rings. The number of benzene rings is 1. The van der Waals surface area contributed by atoms with E-state index < -0.39 is 10.0 Å². The van der Waals surface area contributed by atoms with Gasteiger partial charge in [0.15, 0.2) is 0 Å². The van der Waals surface area contributed by atoms with E-state index in [4.69, 9.17) is 4.52 Å². The summed E-state index contributed by atoms with van der Waals surface area (Å²) in [6, 6.07) is 5.79. The summed E-state index contributed by atoms with van der Waals surface area (Å²) >= 11 is 0. The van der Waals surface area contributed by atoms with Gasteiger partial charge in [-0.2, -0.15) is 4.98 Å². The normalized spacial score (nSPS) is 11.7. The van der Waals surface area contributed by atoms with E-state index >= 15 is 0 Å². The summed E-state index contributed by atoms with van der Waals surface area (Å²) in [7, 11) is -3.20. The van der Waals surface area contributed by atoms with Gasteiger partial charge in [-0.25, -0.2) is 17.1 Å². The zero-order valence-corrected chi connectivity index (χ0v) is 16.8. The lowest BCUT2D eigenvalue weighted by Gasteiger charge is -2.17. The highest BCUT2D eigenvalue weighted by molar-refractivity contribution is 7.88. The van der Waals surface area contributed by atoms with Crippen molar-refractivity contribution in [1.82, 2.24) is 19.8 Å². The first-order chi connectivity index (χ1) is 13.3. The van der Waals surface area contributed by atoms with Crippen LogP contribution in [0.1, 0.15) is 32.1 Å². The molecule has 0 aliphatic carbocycles. The molecule has 28 heavy (non-hydrogen) atoms. The van der Waals surface area contributed by atoms with Crippen molar-refractivity contribution >= 4 is 15.9 Å². The third kappa shape index (κ3) is 7.01. The fourth-order valence-electron chi connectivity index (χ4n) is 2.60. The Labute approximate surface area is 164 Å². The first kappa shape index (κ1) is 22.0. The number of carbonyl (C=O) groups excluding carboxylic acids is 1. The highest BCUT2D eigenvalue weighted by atomic mass is 32.2. The van der Waals surface area contributed by atoms with Crippen LogP contribution in [0.2, 0.25) is 0 Å². The summed E-state index contributed by atoms with van der Waals surface area (Å²) in [5.41, 5.74) is 0.657. The first-order valence-electron chi connectivity index (χ1n) is 9.10. The van der Waals surface area contributed by atoms with E-state index in [1.807, 2.05) is 0 Å². The number of hydrogen-bond donors (Lipinski definition) is 1. The molecule has 1 heterocycles.